The fourth-order valence-corrected chi connectivity index (χ4v) is 3.52. The van der Waals surface area contributed by atoms with Crippen LogP contribution in [-0.2, 0) is 9.63 Å². The number of nitrogens with zero attached hydrogens (tertiary/aromatic N) is 1. The number of rotatable bonds is 4. The highest BCUT2D eigenvalue weighted by Gasteiger charge is 2.42. The average Bonchev–Trinajstić information content (AvgIpc) is 3.23. The van der Waals surface area contributed by atoms with Gasteiger partial charge in [0, 0.05) is 6.42 Å². The lowest BCUT2D eigenvalue weighted by atomic mass is 10.2. The van der Waals surface area contributed by atoms with E-state index in [9.17, 15) is 22.8 Å². The molecule has 0 saturated heterocycles. The van der Waals surface area contributed by atoms with Gasteiger partial charge in [-0.15, -0.1) is 11.3 Å². The Bertz CT molecular complexity index is 908. The first-order valence-electron chi connectivity index (χ1n) is 7.67. The molecule has 0 radical (unpaired) electrons. The van der Waals surface area contributed by atoms with Crippen LogP contribution in [0.1, 0.15) is 33.3 Å². The first-order chi connectivity index (χ1) is 12.8. The van der Waals surface area contributed by atoms with Gasteiger partial charge in [-0.2, -0.15) is 13.2 Å². The number of benzene rings is 1. The maximum absolute atomic E-state index is 12.5. The van der Waals surface area contributed by atoms with Crippen LogP contribution in [0, 0.1) is 0 Å². The Kier molecular flexibility index (Phi) is 5.17. The summed E-state index contributed by atoms with van der Waals surface area (Å²) < 4.78 is 42.5. The number of methoxy groups -OCH3 is 1. The molecule has 2 aromatic rings. The summed E-state index contributed by atoms with van der Waals surface area (Å²) in [7, 11) is 1.46. The fraction of sp³-hybridized carbons (Fsp3) is 0.235. The lowest BCUT2D eigenvalue weighted by molar-refractivity contribution is -0.174. The Balaban J connectivity index is 1.74. The monoisotopic (exact) mass is 398 g/mol. The van der Waals surface area contributed by atoms with Gasteiger partial charge in [0.25, 0.3) is 0 Å². The highest BCUT2D eigenvalue weighted by atomic mass is 32.1. The number of nitrogens with one attached hydrogen (secondary N) is 1. The summed E-state index contributed by atoms with van der Waals surface area (Å²) in [4.78, 5) is 28.8. The molecule has 1 atom stereocenters. The van der Waals surface area contributed by atoms with Crippen molar-refractivity contribution in [1.29, 1.82) is 0 Å². The molecule has 1 heterocycles. The van der Waals surface area contributed by atoms with E-state index in [0.717, 1.165) is 0 Å². The van der Waals surface area contributed by atoms with Crippen LogP contribution >= 0.6 is 11.3 Å². The molecule has 142 valence electrons. The van der Waals surface area contributed by atoms with Crippen LogP contribution in [0.5, 0.6) is 5.75 Å². The largest absolute Gasteiger partial charge is 0.497 e. The van der Waals surface area contributed by atoms with Gasteiger partial charge in [-0.3, -0.25) is 4.79 Å². The molecule has 1 amide bonds. The highest BCUT2D eigenvalue weighted by molar-refractivity contribution is 7.12. The van der Waals surface area contributed by atoms with Crippen molar-refractivity contribution in [3.63, 3.8) is 0 Å². The van der Waals surface area contributed by atoms with Crippen molar-refractivity contribution in [3.8, 4) is 5.75 Å². The Hall–Kier alpha value is -2.88. The summed E-state index contributed by atoms with van der Waals surface area (Å²) in [6.07, 6.45) is -4.98. The lowest BCUT2D eigenvalue weighted by Gasteiger charge is -2.13. The third-order valence-corrected chi connectivity index (χ3v) is 4.82. The summed E-state index contributed by atoms with van der Waals surface area (Å²) in [5, 5.41) is 7.39. The van der Waals surface area contributed by atoms with Crippen LogP contribution in [0.25, 0.3) is 0 Å². The second kappa shape index (κ2) is 7.39. The zero-order valence-corrected chi connectivity index (χ0v) is 14.7. The first-order valence-corrected chi connectivity index (χ1v) is 8.55. The number of hydrogen-bond donors (Lipinski definition) is 1. The van der Waals surface area contributed by atoms with Crippen LogP contribution < -0.4 is 10.1 Å². The number of amides is 1. The van der Waals surface area contributed by atoms with Gasteiger partial charge in [-0.05, 0) is 35.2 Å². The van der Waals surface area contributed by atoms with Crippen molar-refractivity contribution in [2.75, 3.05) is 7.11 Å². The predicted molar refractivity (Wildman–Crippen MR) is 90.8 cm³/mol. The molecule has 0 bridgehead atoms. The van der Waals surface area contributed by atoms with Crippen LogP contribution in [0.4, 0.5) is 13.2 Å². The molecule has 1 aromatic carbocycles. The van der Waals surface area contributed by atoms with E-state index in [0.29, 0.717) is 21.9 Å². The van der Waals surface area contributed by atoms with Gasteiger partial charge in [-0.25, -0.2) is 4.79 Å². The molecule has 0 aliphatic heterocycles. The van der Waals surface area contributed by atoms with Crippen LogP contribution in [-0.4, -0.2) is 30.9 Å². The molecule has 1 aliphatic rings. The molecule has 1 aromatic heterocycles. The van der Waals surface area contributed by atoms with Gasteiger partial charge in [0.15, 0.2) is 0 Å². The Morgan fingerprint density at radius 1 is 1.30 bits per heavy atom. The number of fused-ring (bicyclic) bond motifs is 1. The minimum atomic E-state index is -4.98. The van der Waals surface area contributed by atoms with E-state index in [4.69, 9.17) is 9.57 Å². The molecule has 0 saturated carbocycles. The summed E-state index contributed by atoms with van der Waals surface area (Å²) in [6, 6.07) is 6.98. The third kappa shape index (κ3) is 4.11. The maximum atomic E-state index is 12.5. The van der Waals surface area contributed by atoms with Crippen molar-refractivity contribution in [1.82, 2.24) is 5.32 Å². The topological polar surface area (TPSA) is 77.0 Å². The Morgan fingerprint density at radius 2 is 2.07 bits per heavy atom. The van der Waals surface area contributed by atoms with E-state index in [1.165, 1.54) is 30.6 Å². The molecule has 27 heavy (non-hydrogen) atoms. The smallest absolute Gasteiger partial charge is 0.471 e. The molecule has 1 aliphatic carbocycles. The molecular weight excluding hydrogens is 385 g/mol. The zero-order valence-electron chi connectivity index (χ0n) is 13.9. The van der Waals surface area contributed by atoms with Crippen LogP contribution in [0.2, 0.25) is 0 Å². The number of halogens is 3. The number of carbonyl (C=O) groups is 2. The third-order valence-electron chi connectivity index (χ3n) is 3.84. The fourth-order valence-electron chi connectivity index (χ4n) is 2.57. The number of carbonyl (C=O) groups excluding carboxylic acids is 2. The van der Waals surface area contributed by atoms with Gasteiger partial charge in [0.1, 0.15) is 11.5 Å². The number of alkyl halides is 3. The van der Waals surface area contributed by atoms with Crippen molar-refractivity contribution >= 4 is 28.9 Å². The average molecular weight is 398 g/mol. The lowest BCUT2D eigenvalue weighted by Crippen LogP contribution is -2.38. The predicted octanol–water partition coefficient (Wildman–Crippen LogP) is 3.44. The summed E-state index contributed by atoms with van der Waals surface area (Å²) in [5.74, 6) is -2.30. The number of ether oxygens (including phenoxy) is 1. The van der Waals surface area contributed by atoms with Crippen molar-refractivity contribution in [2.45, 2.75) is 18.6 Å². The molecule has 3 rings (SSSR count). The standard InChI is InChI=1S/C17H13F3N2O4S/c1-25-10-4-2-3-9(7-10)15(23)26-22-13-8-12(11-5-6-27-14(11)13)21-16(24)17(18,19)20/h2-7,12H,8H2,1H3,(H,21,24)/b22-13+. The van der Waals surface area contributed by atoms with E-state index in [2.05, 4.69) is 5.16 Å². The van der Waals surface area contributed by atoms with E-state index >= 15 is 0 Å². The minimum absolute atomic E-state index is 0.00474. The van der Waals surface area contributed by atoms with Gasteiger partial charge in [0.2, 0.25) is 0 Å². The Labute approximate surface area is 155 Å². The molecule has 6 nitrogen and oxygen atoms in total. The SMILES string of the molecule is COc1cccc(C(=O)O/N=C2\CC(NC(=O)C(F)(F)F)c3ccsc32)c1. The molecular formula is C17H13F3N2O4S. The van der Waals surface area contributed by atoms with E-state index in [1.807, 2.05) is 5.32 Å². The van der Waals surface area contributed by atoms with E-state index in [1.54, 1.807) is 23.6 Å². The zero-order chi connectivity index (χ0) is 19.6. The highest BCUT2D eigenvalue weighted by Crippen LogP contribution is 2.36. The summed E-state index contributed by atoms with van der Waals surface area (Å²) in [6.45, 7) is 0. The van der Waals surface area contributed by atoms with Crippen molar-refractivity contribution in [3.05, 3.63) is 51.7 Å². The van der Waals surface area contributed by atoms with E-state index in [-0.39, 0.29) is 12.0 Å². The number of thiophene rings is 1. The van der Waals surface area contributed by atoms with Crippen LogP contribution in [0.15, 0.2) is 40.9 Å². The maximum Gasteiger partial charge on any atom is 0.471 e. The van der Waals surface area contributed by atoms with Gasteiger partial charge in [0.05, 0.1) is 23.6 Å². The first kappa shape index (κ1) is 18.9. The number of oxime groups is 1. The van der Waals surface area contributed by atoms with Gasteiger partial charge in [-0.1, -0.05) is 11.2 Å². The number of hydrogen-bond acceptors (Lipinski definition) is 6. The van der Waals surface area contributed by atoms with E-state index < -0.39 is 24.1 Å². The Morgan fingerprint density at radius 3 is 2.78 bits per heavy atom. The quantitative estimate of drug-likeness (QED) is 0.632. The molecule has 1 N–H and O–H groups in total. The summed E-state index contributed by atoms with van der Waals surface area (Å²) in [5.41, 5.74) is 1.02. The second-order valence-electron chi connectivity index (χ2n) is 5.58. The molecule has 0 spiro atoms. The molecule has 1 unspecified atom stereocenters. The molecule has 0 fully saturated rings. The normalized spacial score (nSPS) is 17.5. The molecule has 10 heteroatoms. The second-order valence-corrected chi connectivity index (χ2v) is 6.50. The summed E-state index contributed by atoms with van der Waals surface area (Å²) >= 11 is 1.24. The van der Waals surface area contributed by atoms with Crippen molar-refractivity contribution < 1.29 is 32.3 Å². The minimum Gasteiger partial charge on any atom is -0.497 e. The van der Waals surface area contributed by atoms with Gasteiger partial charge >= 0.3 is 18.1 Å². The van der Waals surface area contributed by atoms with Gasteiger partial charge < -0.3 is 14.9 Å². The van der Waals surface area contributed by atoms with Crippen molar-refractivity contribution in [2.24, 2.45) is 5.16 Å². The van der Waals surface area contributed by atoms with Crippen LogP contribution in [0.3, 0.4) is 0 Å².